The number of carbonyl (C=O) groups excluding carboxylic acids is 1. The number of primary amides is 1. The summed E-state index contributed by atoms with van der Waals surface area (Å²) in [5.74, 6) is 0.394. The number of carbonyl (C=O) groups is 1. The quantitative estimate of drug-likeness (QED) is 0.805. The molecule has 4 heteroatoms. The van der Waals surface area contributed by atoms with Gasteiger partial charge in [0.2, 0.25) is 5.91 Å². The van der Waals surface area contributed by atoms with Crippen molar-refractivity contribution in [1.82, 2.24) is 5.32 Å². The van der Waals surface area contributed by atoms with Gasteiger partial charge in [0, 0.05) is 6.04 Å². The number of nitrogens with one attached hydrogen (secondary N) is 1. The van der Waals surface area contributed by atoms with Gasteiger partial charge in [-0.1, -0.05) is 31.5 Å². The summed E-state index contributed by atoms with van der Waals surface area (Å²) in [7, 11) is 0. The number of hydrogen-bond donors (Lipinski definition) is 2. The van der Waals surface area contributed by atoms with Gasteiger partial charge in [0.25, 0.3) is 0 Å². The molecule has 0 spiro atoms. The van der Waals surface area contributed by atoms with Gasteiger partial charge in [0.1, 0.15) is 18.4 Å². The Bertz CT molecular complexity index is 416. The summed E-state index contributed by atoms with van der Waals surface area (Å²) in [6.45, 7) is 8.19. The molecule has 100 valence electrons. The zero-order chi connectivity index (χ0) is 13.7. The normalized spacial score (nSPS) is 12.5. The third-order valence-electron chi connectivity index (χ3n) is 2.61. The van der Waals surface area contributed by atoms with E-state index in [2.05, 4.69) is 5.32 Å². The van der Waals surface area contributed by atoms with Gasteiger partial charge in [-0.3, -0.25) is 4.79 Å². The van der Waals surface area contributed by atoms with Crippen molar-refractivity contribution in [3.63, 3.8) is 0 Å². The maximum Gasteiger partial charge on any atom is 0.238 e. The lowest BCUT2D eigenvalue weighted by molar-refractivity contribution is -0.120. The predicted molar refractivity (Wildman–Crippen MR) is 72.7 cm³/mol. The SMILES string of the molecule is Cc1ccc(OCC(NC(C)C)C(N)=O)c(C)c1. The molecular weight excluding hydrogens is 228 g/mol. The molecule has 1 aromatic carbocycles. The molecule has 0 fully saturated rings. The van der Waals surface area contributed by atoms with E-state index >= 15 is 0 Å². The number of hydrogen-bond acceptors (Lipinski definition) is 3. The van der Waals surface area contributed by atoms with Crippen LogP contribution < -0.4 is 15.8 Å². The minimum absolute atomic E-state index is 0.185. The van der Waals surface area contributed by atoms with E-state index in [9.17, 15) is 4.79 Å². The zero-order valence-corrected chi connectivity index (χ0v) is 11.5. The Hall–Kier alpha value is -1.55. The van der Waals surface area contributed by atoms with Gasteiger partial charge in [-0.15, -0.1) is 0 Å². The second-order valence-electron chi connectivity index (χ2n) is 4.86. The van der Waals surface area contributed by atoms with Gasteiger partial charge >= 0.3 is 0 Å². The fourth-order valence-corrected chi connectivity index (χ4v) is 1.75. The Labute approximate surface area is 109 Å². The monoisotopic (exact) mass is 250 g/mol. The topological polar surface area (TPSA) is 64.3 Å². The molecular formula is C14H22N2O2. The van der Waals surface area contributed by atoms with Gasteiger partial charge in [-0.2, -0.15) is 0 Å². The maximum atomic E-state index is 11.3. The zero-order valence-electron chi connectivity index (χ0n) is 11.5. The molecule has 0 radical (unpaired) electrons. The van der Waals surface area contributed by atoms with Crippen molar-refractivity contribution >= 4 is 5.91 Å². The van der Waals surface area contributed by atoms with Gasteiger partial charge in [-0.25, -0.2) is 0 Å². The highest BCUT2D eigenvalue weighted by Crippen LogP contribution is 2.18. The van der Waals surface area contributed by atoms with Crippen LogP contribution in [0.1, 0.15) is 25.0 Å². The molecule has 0 bridgehead atoms. The molecule has 1 unspecified atom stereocenters. The molecule has 0 aliphatic rings. The molecule has 0 aliphatic heterocycles. The molecule has 0 aromatic heterocycles. The number of benzene rings is 1. The van der Waals surface area contributed by atoms with Crippen molar-refractivity contribution in [2.75, 3.05) is 6.61 Å². The van der Waals surface area contributed by atoms with Crippen molar-refractivity contribution in [3.05, 3.63) is 29.3 Å². The highest BCUT2D eigenvalue weighted by molar-refractivity contribution is 5.80. The third kappa shape index (κ3) is 4.37. The summed E-state index contributed by atoms with van der Waals surface area (Å²) >= 11 is 0. The molecule has 0 aliphatic carbocycles. The van der Waals surface area contributed by atoms with Crippen LogP contribution in [0.3, 0.4) is 0 Å². The van der Waals surface area contributed by atoms with Crippen molar-refractivity contribution in [3.8, 4) is 5.75 Å². The minimum Gasteiger partial charge on any atom is -0.491 e. The van der Waals surface area contributed by atoms with Crippen molar-refractivity contribution in [2.24, 2.45) is 5.73 Å². The number of rotatable bonds is 6. The lowest BCUT2D eigenvalue weighted by Gasteiger charge is -2.19. The third-order valence-corrected chi connectivity index (χ3v) is 2.61. The van der Waals surface area contributed by atoms with Crippen LogP contribution in [0.25, 0.3) is 0 Å². The summed E-state index contributed by atoms with van der Waals surface area (Å²) < 4.78 is 5.65. The average Bonchev–Trinajstić information content (AvgIpc) is 2.25. The Morgan fingerprint density at radius 2 is 2.06 bits per heavy atom. The van der Waals surface area contributed by atoms with Gasteiger partial charge in [0.05, 0.1) is 0 Å². The molecule has 4 nitrogen and oxygen atoms in total. The Morgan fingerprint density at radius 3 is 2.56 bits per heavy atom. The van der Waals surface area contributed by atoms with Crippen LogP contribution in [0, 0.1) is 13.8 Å². The van der Waals surface area contributed by atoms with Gasteiger partial charge < -0.3 is 15.8 Å². The Kier molecular flexibility index (Phi) is 5.16. The van der Waals surface area contributed by atoms with Crippen LogP contribution in [-0.2, 0) is 4.79 Å². The van der Waals surface area contributed by atoms with E-state index in [-0.39, 0.29) is 12.6 Å². The summed E-state index contributed by atoms with van der Waals surface area (Å²) in [5, 5.41) is 3.08. The van der Waals surface area contributed by atoms with Gasteiger partial charge in [0.15, 0.2) is 0 Å². The lowest BCUT2D eigenvalue weighted by atomic mass is 10.1. The smallest absolute Gasteiger partial charge is 0.238 e. The Balaban J connectivity index is 2.64. The van der Waals surface area contributed by atoms with Crippen LogP contribution in [0.15, 0.2) is 18.2 Å². The first-order valence-corrected chi connectivity index (χ1v) is 6.15. The first-order valence-electron chi connectivity index (χ1n) is 6.15. The summed E-state index contributed by atoms with van der Waals surface area (Å²) in [4.78, 5) is 11.3. The fraction of sp³-hybridized carbons (Fsp3) is 0.500. The van der Waals surface area contributed by atoms with Crippen molar-refractivity contribution in [2.45, 2.75) is 39.8 Å². The van der Waals surface area contributed by atoms with Gasteiger partial charge in [-0.05, 0) is 25.5 Å². The van der Waals surface area contributed by atoms with Crippen molar-refractivity contribution in [1.29, 1.82) is 0 Å². The predicted octanol–water partition coefficient (Wildman–Crippen LogP) is 1.53. The van der Waals surface area contributed by atoms with Crippen LogP contribution in [0.5, 0.6) is 5.75 Å². The van der Waals surface area contributed by atoms with E-state index in [0.717, 1.165) is 11.3 Å². The van der Waals surface area contributed by atoms with E-state index in [4.69, 9.17) is 10.5 Å². The van der Waals surface area contributed by atoms with E-state index in [1.54, 1.807) is 0 Å². The van der Waals surface area contributed by atoms with Crippen LogP contribution in [0.4, 0.5) is 0 Å². The molecule has 18 heavy (non-hydrogen) atoms. The standard InChI is InChI=1S/C14H22N2O2/c1-9(2)16-12(14(15)17)8-18-13-6-5-10(3)7-11(13)4/h5-7,9,12,16H,8H2,1-4H3,(H2,15,17). The molecule has 3 N–H and O–H groups in total. The van der Waals surface area contributed by atoms with E-state index < -0.39 is 11.9 Å². The first-order chi connectivity index (χ1) is 8.40. The molecule has 1 aromatic rings. The highest BCUT2D eigenvalue weighted by Gasteiger charge is 2.17. The summed E-state index contributed by atoms with van der Waals surface area (Å²) in [5.41, 5.74) is 7.57. The molecule has 1 amide bonds. The minimum atomic E-state index is -0.467. The molecule has 1 rings (SSSR count). The Morgan fingerprint density at radius 1 is 1.39 bits per heavy atom. The second kappa shape index (κ2) is 6.40. The second-order valence-corrected chi connectivity index (χ2v) is 4.86. The number of amides is 1. The number of aryl methyl sites for hydroxylation is 2. The van der Waals surface area contributed by atoms with Crippen LogP contribution >= 0.6 is 0 Å². The molecule has 0 saturated carbocycles. The van der Waals surface area contributed by atoms with Crippen LogP contribution in [0.2, 0.25) is 0 Å². The average molecular weight is 250 g/mol. The van der Waals surface area contributed by atoms with E-state index in [1.165, 1.54) is 5.56 Å². The molecule has 0 heterocycles. The van der Waals surface area contributed by atoms with Crippen molar-refractivity contribution < 1.29 is 9.53 Å². The lowest BCUT2D eigenvalue weighted by Crippen LogP contribution is -2.48. The van der Waals surface area contributed by atoms with E-state index in [1.807, 2.05) is 45.9 Å². The van der Waals surface area contributed by atoms with E-state index in [0.29, 0.717) is 0 Å². The largest absolute Gasteiger partial charge is 0.491 e. The maximum absolute atomic E-state index is 11.3. The summed E-state index contributed by atoms with van der Waals surface area (Å²) in [6, 6.07) is 5.66. The molecule has 0 saturated heterocycles. The molecule has 1 atom stereocenters. The summed E-state index contributed by atoms with van der Waals surface area (Å²) in [6.07, 6.45) is 0. The fourth-order valence-electron chi connectivity index (χ4n) is 1.75. The van der Waals surface area contributed by atoms with Crippen LogP contribution in [-0.4, -0.2) is 24.6 Å². The first kappa shape index (κ1) is 14.5. The highest BCUT2D eigenvalue weighted by atomic mass is 16.5. The number of nitrogens with two attached hydrogens (primary N) is 1. The number of ether oxygens (including phenoxy) is 1.